The minimum Gasteiger partial charge on any atom is -0.369 e. The monoisotopic (exact) mass is 360 g/mol. The molecule has 3 N–H and O–H groups in total. The van der Waals surface area contributed by atoms with Crippen molar-refractivity contribution in [2.24, 2.45) is 11.7 Å². The lowest BCUT2D eigenvalue weighted by Gasteiger charge is -2.19. The summed E-state index contributed by atoms with van der Waals surface area (Å²) in [5.74, 6) is -0.941. The van der Waals surface area contributed by atoms with Crippen molar-refractivity contribution in [3.8, 4) is 0 Å². The molecule has 1 aliphatic rings. The summed E-state index contributed by atoms with van der Waals surface area (Å²) in [5, 5.41) is 2.81. The predicted molar refractivity (Wildman–Crippen MR) is 98.0 cm³/mol. The van der Waals surface area contributed by atoms with Gasteiger partial charge < -0.3 is 11.1 Å². The molecule has 2 heterocycles. The average molecular weight is 360 g/mol. The Morgan fingerprint density at radius 2 is 2.19 bits per heavy atom. The predicted octanol–water partition coefficient (Wildman–Crippen LogP) is 0.941. The van der Waals surface area contributed by atoms with E-state index in [0.29, 0.717) is 25.9 Å². The molecule has 1 fully saturated rings. The number of pyridine rings is 1. The molecule has 1 aliphatic heterocycles. The van der Waals surface area contributed by atoms with Gasteiger partial charge in [-0.15, -0.1) is 0 Å². The van der Waals surface area contributed by atoms with Crippen LogP contribution in [0, 0.1) is 12.8 Å². The Hall–Kier alpha value is -2.28. The molecule has 0 bridgehead atoms. The highest BCUT2D eigenvalue weighted by Gasteiger charge is 2.26. The third-order valence-electron chi connectivity index (χ3n) is 4.69. The summed E-state index contributed by atoms with van der Waals surface area (Å²) in [4.78, 5) is 42.2. The van der Waals surface area contributed by atoms with E-state index < -0.39 is 11.9 Å². The van der Waals surface area contributed by atoms with Crippen LogP contribution in [0.3, 0.4) is 0 Å². The molecule has 1 unspecified atom stereocenters. The van der Waals surface area contributed by atoms with Gasteiger partial charge >= 0.3 is 0 Å². The van der Waals surface area contributed by atoms with Gasteiger partial charge in [0.1, 0.15) is 0 Å². The number of aromatic nitrogens is 1. The highest BCUT2D eigenvalue weighted by molar-refractivity contribution is 5.90. The van der Waals surface area contributed by atoms with Crippen LogP contribution in [-0.4, -0.2) is 46.6 Å². The van der Waals surface area contributed by atoms with Crippen LogP contribution in [0.1, 0.15) is 44.0 Å². The molecule has 2 atom stereocenters. The number of amides is 2. The van der Waals surface area contributed by atoms with Crippen molar-refractivity contribution in [2.45, 2.75) is 52.1 Å². The standard InChI is InChI=1S/C19H28N4O3/c1-13(19(20)26)8-9-18(25)22-16-7-4-10-23(12-17(16)24)11-15-6-3-5-14(2)21-15/h3,5-6,13,16H,4,7-12H2,1-2H3,(H2,20,26)(H,22,25)/t13?,16-/m0/s1. The van der Waals surface area contributed by atoms with Crippen LogP contribution in [0.15, 0.2) is 18.2 Å². The summed E-state index contributed by atoms with van der Waals surface area (Å²) in [6, 6.07) is 5.42. The van der Waals surface area contributed by atoms with Gasteiger partial charge in [-0.25, -0.2) is 0 Å². The van der Waals surface area contributed by atoms with Crippen LogP contribution in [0.4, 0.5) is 0 Å². The summed E-state index contributed by atoms with van der Waals surface area (Å²) in [6.07, 6.45) is 2.06. The van der Waals surface area contributed by atoms with Gasteiger partial charge in [0.2, 0.25) is 11.8 Å². The van der Waals surface area contributed by atoms with Gasteiger partial charge in [0.25, 0.3) is 0 Å². The number of ketones is 1. The number of Topliss-reactive ketones (excluding diaryl/α,β-unsaturated/α-hetero) is 1. The minimum atomic E-state index is -0.457. The molecule has 26 heavy (non-hydrogen) atoms. The maximum Gasteiger partial charge on any atom is 0.220 e. The molecule has 142 valence electrons. The fourth-order valence-electron chi connectivity index (χ4n) is 3.05. The van der Waals surface area contributed by atoms with Crippen molar-refractivity contribution in [3.63, 3.8) is 0 Å². The first-order valence-electron chi connectivity index (χ1n) is 9.11. The maximum absolute atomic E-state index is 12.5. The molecule has 2 rings (SSSR count). The number of rotatable bonds is 7. The molecule has 0 spiro atoms. The zero-order chi connectivity index (χ0) is 19.1. The van der Waals surface area contributed by atoms with Crippen LogP contribution in [0.25, 0.3) is 0 Å². The number of aryl methyl sites for hydroxylation is 1. The van der Waals surface area contributed by atoms with E-state index >= 15 is 0 Å². The van der Waals surface area contributed by atoms with Gasteiger partial charge in [-0.05, 0) is 44.9 Å². The smallest absolute Gasteiger partial charge is 0.220 e. The molecular weight excluding hydrogens is 332 g/mol. The third-order valence-corrected chi connectivity index (χ3v) is 4.69. The second-order valence-electron chi connectivity index (χ2n) is 7.05. The Labute approximate surface area is 154 Å². The third kappa shape index (κ3) is 6.22. The van der Waals surface area contributed by atoms with Crippen LogP contribution in [-0.2, 0) is 20.9 Å². The van der Waals surface area contributed by atoms with E-state index in [-0.39, 0.29) is 24.0 Å². The average Bonchev–Trinajstić information content (AvgIpc) is 2.74. The van der Waals surface area contributed by atoms with Gasteiger partial charge in [0, 0.05) is 24.6 Å². The maximum atomic E-state index is 12.5. The first-order chi connectivity index (χ1) is 12.3. The van der Waals surface area contributed by atoms with Crippen molar-refractivity contribution < 1.29 is 14.4 Å². The Kier molecular flexibility index (Phi) is 7.26. The molecule has 0 aliphatic carbocycles. The zero-order valence-corrected chi connectivity index (χ0v) is 15.5. The summed E-state index contributed by atoms with van der Waals surface area (Å²) >= 11 is 0. The normalized spacial score (nSPS) is 19.6. The Morgan fingerprint density at radius 1 is 1.42 bits per heavy atom. The quantitative estimate of drug-likeness (QED) is 0.753. The van der Waals surface area contributed by atoms with Gasteiger partial charge in [0.15, 0.2) is 5.78 Å². The summed E-state index contributed by atoms with van der Waals surface area (Å²) < 4.78 is 0. The van der Waals surface area contributed by atoms with Gasteiger partial charge in [0.05, 0.1) is 18.3 Å². The van der Waals surface area contributed by atoms with Crippen molar-refractivity contribution in [1.29, 1.82) is 0 Å². The van der Waals surface area contributed by atoms with E-state index in [0.717, 1.165) is 24.4 Å². The molecule has 0 saturated carbocycles. The lowest BCUT2D eigenvalue weighted by molar-refractivity contribution is -0.128. The SMILES string of the molecule is Cc1cccc(CN2CCC[C@H](NC(=O)CCC(C)C(N)=O)C(=O)C2)n1. The largest absolute Gasteiger partial charge is 0.369 e. The van der Waals surface area contributed by atoms with Crippen LogP contribution >= 0.6 is 0 Å². The lowest BCUT2D eigenvalue weighted by Crippen LogP contribution is -2.43. The van der Waals surface area contributed by atoms with E-state index in [9.17, 15) is 14.4 Å². The molecule has 7 nitrogen and oxygen atoms in total. The first kappa shape index (κ1) is 20.0. The fourth-order valence-corrected chi connectivity index (χ4v) is 3.05. The number of likely N-dealkylation sites (tertiary alicyclic amines) is 1. The molecule has 7 heteroatoms. The van der Waals surface area contributed by atoms with E-state index in [2.05, 4.69) is 15.2 Å². The Balaban J connectivity index is 1.84. The van der Waals surface area contributed by atoms with Gasteiger partial charge in [-0.2, -0.15) is 0 Å². The van der Waals surface area contributed by atoms with E-state index in [1.54, 1.807) is 6.92 Å². The Bertz CT molecular complexity index is 662. The van der Waals surface area contributed by atoms with Crippen molar-refractivity contribution in [1.82, 2.24) is 15.2 Å². The molecule has 0 aromatic carbocycles. The van der Waals surface area contributed by atoms with Crippen molar-refractivity contribution in [2.75, 3.05) is 13.1 Å². The second-order valence-corrected chi connectivity index (χ2v) is 7.05. The molecule has 1 saturated heterocycles. The van der Waals surface area contributed by atoms with Crippen LogP contribution in [0.5, 0.6) is 0 Å². The topological polar surface area (TPSA) is 105 Å². The number of carbonyl (C=O) groups is 3. The van der Waals surface area contributed by atoms with Crippen LogP contribution in [0.2, 0.25) is 0 Å². The number of nitrogens with two attached hydrogens (primary N) is 1. The minimum absolute atomic E-state index is 0.0199. The van der Waals surface area contributed by atoms with Crippen LogP contribution < -0.4 is 11.1 Å². The summed E-state index contributed by atoms with van der Waals surface area (Å²) in [5.41, 5.74) is 7.10. The highest BCUT2D eigenvalue weighted by Crippen LogP contribution is 2.13. The lowest BCUT2D eigenvalue weighted by atomic mass is 10.0. The number of hydrogen-bond donors (Lipinski definition) is 2. The molecule has 0 radical (unpaired) electrons. The number of nitrogens with one attached hydrogen (secondary N) is 1. The molecule has 1 aromatic rings. The number of hydrogen-bond acceptors (Lipinski definition) is 5. The van der Waals surface area contributed by atoms with E-state index in [1.165, 1.54) is 0 Å². The number of primary amides is 1. The number of carbonyl (C=O) groups excluding carboxylic acids is 3. The van der Waals surface area contributed by atoms with Crippen molar-refractivity contribution in [3.05, 3.63) is 29.6 Å². The summed E-state index contributed by atoms with van der Waals surface area (Å²) in [7, 11) is 0. The number of nitrogens with zero attached hydrogens (tertiary/aromatic N) is 2. The van der Waals surface area contributed by atoms with Gasteiger partial charge in [-0.3, -0.25) is 24.3 Å². The zero-order valence-electron chi connectivity index (χ0n) is 15.5. The second kappa shape index (κ2) is 9.43. The Morgan fingerprint density at radius 3 is 2.88 bits per heavy atom. The first-order valence-corrected chi connectivity index (χ1v) is 9.11. The molecule has 2 amide bonds. The van der Waals surface area contributed by atoms with Gasteiger partial charge in [-0.1, -0.05) is 13.0 Å². The van der Waals surface area contributed by atoms with Crippen molar-refractivity contribution >= 4 is 17.6 Å². The molecular formula is C19H28N4O3. The molecule has 1 aromatic heterocycles. The fraction of sp³-hybridized carbons (Fsp3) is 0.579. The van der Waals surface area contributed by atoms with E-state index in [4.69, 9.17) is 5.73 Å². The van der Waals surface area contributed by atoms with E-state index in [1.807, 2.05) is 25.1 Å². The summed E-state index contributed by atoms with van der Waals surface area (Å²) in [6.45, 7) is 5.38. The highest BCUT2D eigenvalue weighted by atomic mass is 16.2.